The average molecular weight is 348 g/mol. The van der Waals surface area contributed by atoms with Crippen molar-refractivity contribution in [2.24, 2.45) is 0 Å². The van der Waals surface area contributed by atoms with Crippen LogP contribution >= 0.6 is 11.6 Å². The van der Waals surface area contributed by atoms with Gasteiger partial charge in [-0.3, -0.25) is 14.9 Å². The Balaban J connectivity index is 2.06. The summed E-state index contributed by atoms with van der Waals surface area (Å²) in [6.07, 6.45) is 0. The summed E-state index contributed by atoms with van der Waals surface area (Å²) in [4.78, 5) is 24.7. The largest absolute Gasteiger partial charge is 0.348 e. The number of amides is 1. The standard InChI is InChI=1S/C17H18ClN3O3/c1-20(2)11-13-5-3-12(4-6-13)10-19-17(22)15-9-14(18)7-8-16(15)21(23)24/h3-9H,10-11H2,1-2H3,(H,19,22). The zero-order chi connectivity index (χ0) is 17.7. The van der Waals surface area contributed by atoms with E-state index in [1.54, 1.807) is 0 Å². The van der Waals surface area contributed by atoms with Gasteiger partial charge in [-0.05, 0) is 37.4 Å². The molecule has 0 fully saturated rings. The second-order valence-corrected chi connectivity index (χ2v) is 6.09. The minimum absolute atomic E-state index is 0.0447. The van der Waals surface area contributed by atoms with Crippen LogP contribution in [0.2, 0.25) is 5.02 Å². The maximum Gasteiger partial charge on any atom is 0.282 e. The number of benzene rings is 2. The molecule has 0 bridgehead atoms. The number of nitrogens with one attached hydrogen (secondary N) is 1. The molecule has 0 aliphatic rings. The quantitative estimate of drug-likeness (QED) is 0.643. The van der Waals surface area contributed by atoms with Gasteiger partial charge in [0.05, 0.1) is 4.92 Å². The smallest absolute Gasteiger partial charge is 0.282 e. The minimum atomic E-state index is -0.596. The van der Waals surface area contributed by atoms with Gasteiger partial charge in [-0.25, -0.2) is 0 Å². The summed E-state index contributed by atoms with van der Waals surface area (Å²) in [6.45, 7) is 1.12. The molecule has 0 heterocycles. The fourth-order valence-electron chi connectivity index (χ4n) is 2.25. The Labute approximate surface area is 145 Å². The number of carbonyl (C=O) groups excluding carboxylic acids is 1. The Morgan fingerprint density at radius 2 is 1.79 bits per heavy atom. The highest BCUT2D eigenvalue weighted by Gasteiger charge is 2.20. The zero-order valence-corrected chi connectivity index (χ0v) is 14.2. The van der Waals surface area contributed by atoms with Gasteiger partial charge in [0.2, 0.25) is 0 Å². The third kappa shape index (κ3) is 4.78. The lowest BCUT2D eigenvalue weighted by Crippen LogP contribution is -2.23. The SMILES string of the molecule is CN(C)Cc1ccc(CNC(=O)c2cc(Cl)ccc2[N+](=O)[O-])cc1. The first-order chi connectivity index (χ1) is 11.4. The maximum absolute atomic E-state index is 12.2. The van der Waals surface area contributed by atoms with Crippen molar-refractivity contribution in [2.75, 3.05) is 14.1 Å². The molecule has 2 aromatic carbocycles. The van der Waals surface area contributed by atoms with Crippen LogP contribution in [0.4, 0.5) is 5.69 Å². The number of halogens is 1. The number of nitro groups is 1. The highest BCUT2D eigenvalue weighted by Crippen LogP contribution is 2.22. The van der Waals surface area contributed by atoms with Crippen LogP contribution < -0.4 is 5.32 Å². The molecule has 2 rings (SSSR count). The Morgan fingerprint density at radius 1 is 1.17 bits per heavy atom. The lowest BCUT2D eigenvalue weighted by atomic mass is 10.1. The fourth-order valence-corrected chi connectivity index (χ4v) is 2.43. The summed E-state index contributed by atoms with van der Waals surface area (Å²) in [5, 5.41) is 14.0. The van der Waals surface area contributed by atoms with Crippen molar-refractivity contribution in [3.63, 3.8) is 0 Å². The molecule has 0 spiro atoms. The van der Waals surface area contributed by atoms with Gasteiger partial charge in [0.1, 0.15) is 5.56 Å². The van der Waals surface area contributed by atoms with Gasteiger partial charge in [-0.2, -0.15) is 0 Å². The van der Waals surface area contributed by atoms with Crippen LogP contribution in [0.1, 0.15) is 21.5 Å². The second-order valence-electron chi connectivity index (χ2n) is 5.66. The summed E-state index contributed by atoms with van der Waals surface area (Å²) >= 11 is 5.84. The van der Waals surface area contributed by atoms with E-state index in [1.807, 2.05) is 38.4 Å². The second kappa shape index (κ2) is 7.90. The molecular formula is C17H18ClN3O3. The molecule has 0 aliphatic carbocycles. The zero-order valence-electron chi connectivity index (χ0n) is 13.5. The Bertz CT molecular complexity index is 745. The highest BCUT2D eigenvalue weighted by atomic mass is 35.5. The number of hydrogen-bond acceptors (Lipinski definition) is 4. The molecule has 0 saturated carbocycles. The number of rotatable bonds is 6. The Morgan fingerprint density at radius 3 is 2.38 bits per heavy atom. The molecule has 0 atom stereocenters. The van der Waals surface area contributed by atoms with E-state index >= 15 is 0 Å². The summed E-state index contributed by atoms with van der Waals surface area (Å²) in [5.41, 5.74) is 1.77. The molecule has 1 amide bonds. The van der Waals surface area contributed by atoms with E-state index in [1.165, 1.54) is 23.8 Å². The third-order valence-corrected chi connectivity index (χ3v) is 3.61. The molecule has 2 aromatic rings. The summed E-state index contributed by atoms with van der Waals surface area (Å²) < 4.78 is 0. The molecular weight excluding hydrogens is 330 g/mol. The molecule has 0 radical (unpaired) electrons. The highest BCUT2D eigenvalue weighted by molar-refractivity contribution is 6.31. The van der Waals surface area contributed by atoms with Crippen molar-refractivity contribution in [1.29, 1.82) is 0 Å². The fraction of sp³-hybridized carbons (Fsp3) is 0.235. The molecule has 1 N–H and O–H groups in total. The van der Waals surface area contributed by atoms with Crippen LogP contribution in [-0.4, -0.2) is 29.8 Å². The summed E-state index contributed by atoms with van der Waals surface area (Å²) in [6, 6.07) is 11.7. The van der Waals surface area contributed by atoms with Gasteiger partial charge >= 0.3 is 0 Å². The molecule has 0 aliphatic heterocycles. The summed E-state index contributed by atoms with van der Waals surface area (Å²) in [7, 11) is 3.98. The van der Waals surface area contributed by atoms with E-state index in [0.29, 0.717) is 0 Å². The van der Waals surface area contributed by atoms with Crippen LogP contribution in [0, 0.1) is 10.1 Å². The van der Waals surface area contributed by atoms with E-state index in [4.69, 9.17) is 11.6 Å². The van der Waals surface area contributed by atoms with E-state index in [2.05, 4.69) is 10.2 Å². The third-order valence-electron chi connectivity index (χ3n) is 3.37. The van der Waals surface area contributed by atoms with Crippen molar-refractivity contribution in [1.82, 2.24) is 10.2 Å². The van der Waals surface area contributed by atoms with Gasteiger partial charge in [0, 0.05) is 24.2 Å². The molecule has 0 unspecified atom stereocenters. The number of nitro benzene ring substituents is 1. The monoisotopic (exact) mass is 347 g/mol. The normalized spacial score (nSPS) is 10.7. The van der Waals surface area contributed by atoms with Crippen molar-refractivity contribution >= 4 is 23.2 Å². The van der Waals surface area contributed by atoms with Crippen molar-refractivity contribution in [3.05, 3.63) is 74.3 Å². The van der Waals surface area contributed by atoms with Crippen LogP contribution in [0.15, 0.2) is 42.5 Å². The molecule has 0 aromatic heterocycles. The summed E-state index contributed by atoms with van der Waals surface area (Å²) in [5.74, 6) is -0.526. The molecule has 7 heteroatoms. The first-order valence-electron chi connectivity index (χ1n) is 7.31. The molecule has 0 saturated heterocycles. The van der Waals surface area contributed by atoms with Crippen molar-refractivity contribution in [2.45, 2.75) is 13.1 Å². The first-order valence-corrected chi connectivity index (χ1v) is 7.69. The molecule has 6 nitrogen and oxygen atoms in total. The van der Waals surface area contributed by atoms with Crippen LogP contribution in [0.25, 0.3) is 0 Å². The van der Waals surface area contributed by atoms with E-state index in [-0.39, 0.29) is 22.8 Å². The number of carbonyl (C=O) groups is 1. The van der Waals surface area contributed by atoms with Gasteiger partial charge < -0.3 is 10.2 Å². The van der Waals surface area contributed by atoms with Gasteiger partial charge in [0.25, 0.3) is 11.6 Å². The Hall–Kier alpha value is -2.44. The van der Waals surface area contributed by atoms with Crippen molar-refractivity contribution < 1.29 is 9.72 Å². The lowest BCUT2D eigenvalue weighted by Gasteiger charge is -2.10. The van der Waals surface area contributed by atoms with Gasteiger partial charge in [-0.15, -0.1) is 0 Å². The molecule has 24 heavy (non-hydrogen) atoms. The van der Waals surface area contributed by atoms with Crippen LogP contribution in [-0.2, 0) is 13.1 Å². The van der Waals surface area contributed by atoms with Gasteiger partial charge in [0.15, 0.2) is 0 Å². The first kappa shape index (κ1) is 17.9. The average Bonchev–Trinajstić information content (AvgIpc) is 2.53. The topological polar surface area (TPSA) is 75.5 Å². The van der Waals surface area contributed by atoms with E-state index in [0.717, 1.165) is 12.1 Å². The number of nitrogens with zero attached hydrogens (tertiary/aromatic N) is 2. The van der Waals surface area contributed by atoms with Gasteiger partial charge in [-0.1, -0.05) is 35.9 Å². The maximum atomic E-state index is 12.2. The van der Waals surface area contributed by atoms with Crippen LogP contribution in [0.3, 0.4) is 0 Å². The van der Waals surface area contributed by atoms with Crippen LogP contribution in [0.5, 0.6) is 0 Å². The van der Waals surface area contributed by atoms with E-state index < -0.39 is 10.8 Å². The lowest BCUT2D eigenvalue weighted by molar-refractivity contribution is -0.385. The minimum Gasteiger partial charge on any atom is -0.348 e. The van der Waals surface area contributed by atoms with E-state index in [9.17, 15) is 14.9 Å². The molecule has 126 valence electrons. The number of hydrogen-bond donors (Lipinski definition) is 1. The Kier molecular flexibility index (Phi) is 5.89. The predicted octanol–water partition coefficient (Wildman–Crippen LogP) is 3.24. The predicted molar refractivity (Wildman–Crippen MR) is 93.1 cm³/mol. The van der Waals surface area contributed by atoms with Crippen molar-refractivity contribution in [3.8, 4) is 0 Å².